The van der Waals surface area contributed by atoms with Crippen LogP contribution in [0, 0.1) is 6.92 Å². The second-order valence-corrected chi connectivity index (χ2v) is 7.82. The number of carbonyl (C=O) groups is 2. The third-order valence-corrected chi connectivity index (χ3v) is 5.12. The number of nitrogens with one attached hydrogen (secondary N) is 2. The zero-order chi connectivity index (χ0) is 20.3. The van der Waals surface area contributed by atoms with Gasteiger partial charge in [0.05, 0.1) is 33.5 Å². The fourth-order valence-electron chi connectivity index (χ4n) is 2.44. The van der Waals surface area contributed by atoms with Gasteiger partial charge in [0.2, 0.25) is 5.91 Å². The van der Waals surface area contributed by atoms with Gasteiger partial charge in [0.1, 0.15) is 0 Å². The van der Waals surface area contributed by atoms with Crippen LogP contribution in [0.2, 0.25) is 5.02 Å². The number of ether oxygens (including phenoxy) is 1. The highest BCUT2D eigenvalue weighted by Crippen LogP contribution is 2.26. The number of amides is 1. The third-order valence-electron chi connectivity index (χ3n) is 3.85. The molecule has 0 bridgehead atoms. The van der Waals surface area contributed by atoms with Crippen LogP contribution >= 0.6 is 23.4 Å². The summed E-state index contributed by atoms with van der Waals surface area (Å²) < 4.78 is 5.00. The molecule has 1 unspecified atom stereocenters. The fraction of sp³-hybridized carbons (Fsp3) is 0.263. The first-order valence-corrected chi connectivity index (χ1v) is 9.89. The molecule has 9 heteroatoms. The van der Waals surface area contributed by atoms with Crippen molar-refractivity contribution in [2.75, 3.05) is 11.9 Å². The van der Waals surface area contributed by atoms with Gasteiger partial charge < -0.3 is 15.0 Å². The largest absolute Gasteiger partial charge is 0.462 e. The van der Waals surface area contributed by atoms with E-state index in [9.17, 15) is 9.59 Å². The molecule has 0 spiro atoms. The van der Waals surface area contributed by atoms with Crippen molar-refractivity contribution in [1.82, 2.24) is 15.0 Å². The predicted molar refractivity (Wildman–Crippen MR) is 110 cm³/mol. The molecular weight excluding hydrogens is 400 g/mol. The van der Waals surface area contributed by atoms with Crippen LogP contribution in [0.15, 0.2) is 35.6 Å². The molecule has 2 N–H and O–H groups in total. The number of halogens is 1. The quantitative estimate of drug-likeness (QED) is 0.459. The number of aryl methyl sites for hydroxylation is 1. The first-order valence-electron chi connectivity index (χ1n) is 8.64. The number of fused-ring (bicyclic) bond motifs is 1. The number of thioether (sulfide) groups is 1. The van der Waals surface area contributed by atoms with Gasteiger partial charge in [0, 0.05) is 6.20 Å². The molecule has 146 valence electrons. The van der Waals surface area contributed by atoms with Gasteiger partial charge in [0.15, 0.2) is 11.0 Å². The molecule has 2 heterocycles. The smallest absolute Gasteiger partial charge is 0.338 e. The number of anilines is 1. The van der Waals surface area contributed by atoms with Crippen molar-refractivity contribution < 1.29 is 14.3 Å². The molecule has 3 rings (SSSR count). The van der Waals surface area contributed by atoms with Gasteiger partial charge in [-0.05, 0) is 50.6 Å². The lowest BCUT2D eigenvalue weighted by molar-refractivity contribution is -0.115. The van der Waals surface area contributed by atoms with Crippen LogP contribution in [-0.2, 0) is 9.53 Å². The van der Waals surface area contributed by atoms with E-state index in [0.717, 1.165) is 11.1 Å². The van der Waals surface area contributed by atoms with Crippen molar-refractivity contribution >= 4 is 52.1 Å². The van der Waals surface area contributed by atoms with Crippen LogP contribution in [0.5, 0.6) is 0 Å². The van der Waals surface area contributed by atoms with E-state index < -0.39 is 11.2 Å². The molecule has 0 radical (unpaired) electrons. The Kier molecular flexibility index (Phi) is 6.21. The van der Waals surface area contributed by atoms with Crippen LogP contribution in [0.1, 0.15) is 29.8 Å². The lowest BCUT2D eigenvalue weighted by Crippen LogP contribution is -2.23. The number of aromatic amines is 1. The Morgan fingerprint density at radius 1 is 1.36 bits per heavy atom. The summed E-state index contributed by atoms with van der Waals surface area (Å²) in [4.78, 5) is 36.0. The molecule has 0 aliphatic rings. The molecule has 1 atom stereocenters. The van der Waals surface area contributed by atoms with Crippen LogP contribution < -0.4 is 5.32 Å². The highest BCUT2D eigenvalue weighted by molar-refractivity contribution is 8.00. The molecule has 1 amide bonds. The number of hydrogen-bond donors (Lipinski definition) is 2. The van der Waals surface area contributed by atoms with E-state index in [4.69, 9.17) is 16.3 Å². The van der Waals surface area contributed by atoms with Crippen molar-refractivity contribution in [1.29, 1.82) is 0 Å². The Labute approximate surface area is 171 Å². The maximum atomic E-state index is 12.5. The zero-order valence-corrected chi connectivity index (χ0v) is 17.1. The van der Waals surface area contributed by atoms with Crippen LogP contribution in [0.4, 0.5) is 5.82 Å². The minimum Gasteiger partial charge on any atom is -0.462 e. The van der Waals surface area contributed by atoms with E-state index in [1.54, 1.807) is 44.3 Å². The van der Waals surface area contributed by atoms with E-state index in [1.807, 2.05) is 6.92 Å². The topological polar surface area (TPSA) is 97.0 Å². The van der Waals surface area contributed by atoms with Gasteiger partial charge in [-0.1, -0.05) is 23.4 Å². The summed E-state index contributed by atoms with van der Waals surface area (Å²) in [6.07, 6.45) is 1.64. The van der Waals surface area contributed by atoms with Gasteiger partial charge in [-0.15, -0.1) is 0 Å². The molecule has 0 saturated carbocycles. The lowest BCUT2D eigenvalue weighted by atomic mass is 10.2. The van der Waals surface area contributed by atoms with E-state index in [1.165, 1.54) is 11.8 Å². The zero-order valence-electron chi connectivity index (χ0n) is 15.6. The number of H-pyrrole nitrogens is 1. The monoisotopic (exact) mass is 418 g/mol. The molecule has 0 aliphatic heterocycles. The van der Waals surface area contributed by atoms with Crippen LogP contribution in [-0.4, -0.2) is 38.7 Å². The maximum Gasteiger partial charge on any atom is 0.338 e. The summed E-state index contributed by atoms with van der Waals surface area (Å²) >= 11 is 7.38. The number of nitrogens with zero attached hydrogens (tertiary/aromatic N) is 2. The van der Waals surface area contributed by atoms with Gasteiger partial charge in [-0.3, -0.25) is 4.79 Å². The van der Waals surface area contributed by atoms with Crippen molar-refractivity contribution in [2.24, 2.45) is 0 Å². The van der Waals surface area contributed by atoms with E-state index >= 15 is 0 Å². The Hall–Kier alpha value is -2.58. The van der Waals surface area contributed by atoms with Crippen molar-refractivity contribution in [3.8, 4) is 0 Å². The molecule has 0 saturated heterocycles. The summed E-state index contributed by atoms with van der Waals surface area (Å²) in [6, 6.07) is 6.84. The minimum atomic E-state index is -0.441. The molecule has 7 nitrogen and oxygen atoms in total. The van der Waals surface area contributed by atoms with Gasteiger partial charge in [0.25, 0.3) is 0 Å². The number of rotatable bonds is 6. The molecule has 3 aromatic rings. The van der Waals surface area contributed by atoms with Crippen molar-refractivity contribution in [3.63, 3.8) is 0 Å². The number of imidazole rings is 1. The third kappa shape index (κ3) is 4.63. The van der Waals surface area contributed by atoms with Crippen molar-refractivity contribution in [3.05, 3.63) is 46.6 Å². The molecule has 2 aromatic heterocycles. The molecule has 28 heavy (non-hydrogen) atoms. The van der Waals surface area contributed by atoms with Gasteiger partial charge in [-0.2, -0.15) is 0 Å². The second-order valence-electron chi connectivity index (χ2n) is 6.09. The molecule has 0 aliphatic carbocycles. The predicted octanol–water partition coefficient (Wildman–Crippen LogP) is 4.22. The summed E-state index contributed by atoms with van der Waals surface area (Å²) in [6.45, 7) is 5.70. The Balaban J connectivity index is 1.70. The maximum absolute atomic E-state index is 12.5. The normalized spacial score (nSPS) is 12.0. The van der Waals surface area contributed by atoms with Crippen molar-refractivity contribution in [2.45, 2.75) is 31.2 Å². The summed E-state index contributed by atoms with van der Waals surface area (Å²) in [5, 5.41) is 3.24. The molecule has 0 fully saturated rings. The summed E-state index contributed by atoms with van der Waals surface area (Å²) in [5.74, 6) is -0.304. The second kappa shape index (κ2) is 8.62. The average Bonchev–Trinajstić information content (AvgIpc) is 3.05. The first-order chi connectivity index (χ1) is 13.4. The van der Waals surface area contributed by atoms with Gasteiger partial charge in [-0.25, -0.2) is 14.8 Å². The number of aromatic nitrogens is 3. The lowest BCUT2D eigenvalue weighted by Gasteiger charge is -2.11. The summed E-state index contributed by atoms with van der Waals surface area (Å²) in [5.41, 5.74) is 2.74. The van der Waals surface area contributed by atoms with E-state index in [2.05, 4.69) is 20.3 Å². The molecule has 1 aromatic carbocycles. The molecular formula is C19H19ClN4O3S. The standard InChI is InChI=1S/C19H19ClN4O3S/c1-4-27-18(26)12-5-6-14-15(8-12)23-19(22-14)28-11(3)17(25)24-16-13(20)7-10(2)9-21-16/h5-9,11H,4H2,1-3H3,(H,22,23)(H,21,24,25). The minimum absolute atomic E-state index is 0.240. The Morgan fingerprint density at radius 2 is 2.14 bits per heavy atom. The number of pyridine rings is 1. The Bertz CT molecular complexity index is 1040. The van der Waals surface area contributed by atoms with Gasteiger partial charge >= 0.3 is 5.97 Å². The summed E-state index contributed by atoms with van der Waals surface area (Å²) in [7, 11) is 0. The van der Waals surface area contributed by atoms with E-state index in [0.29, 0.717) is 33.7 Å². The number of hydrogen-bond acceptors (Lipinski definition) is 6. The highest BCUT2D eigenvalue weighted by Gasteiger charge is 2.19. The van der Waals surface area contributed by atoms with Crippen LogP contribution in [0.3, 0.4) is 0 Å². The highest BCUT2D eigenvalue weighted by atomic mass is 35.5. The van der Waals surface area contributed by atoms with E-state index in [-0.39, 0.29) is 5.91 Å². The van der Waals surface area contributed by atoms with Crippen LogP contribution in [0.25, 0.3) is 11.0 Å². The number of benzene rings is 1. The Morgan fingerprint density at radius 3 is 2.86 bits per heavy atom. The fourth-order valence-corrected chi connectivity index (χ4v) is 3.53. The first kappa shape index (κ1) is 20.2. The number of carbonyl (C=O) groups excluding carboxylic acids is 2. The SMILES string of the molecule is CCOC(=O)c1ccc2[nH]c(SC(C)C(=O)Nc3ncc(C)cc3Cl)nc2c1. The average molecular weight is 419 g/mol. The number of esters is 1.